The third-order valence-electron chi connectivity index (χ3n) is 10.5. The van der Waals surface area contributed by atoms with Crippen LogP contribution in [0.5, 0.6) is 5.75 Å². The number of methoxy groups -OCH3 is 1. The van der Waals surface area contributed by atoms with Crippen molar-refractivity contribution in [2.24, 2.45) is 5.92 Å². The summed E-state index contributed by atoms with van der Waals surface area (Å²) < 4.78 is 41.5. The van der Waals surface area contributed by atoms with Gasteiger partial charge >= 0.3 is 10.2 Å². The Bertz CT molecular complexity index is 1970. The molecule has 3 heterocycles. The van der Waals surface area contributed by atoms with E-state index in [1.165, 1.54) is 26.1 Å². The lowest BCUT2D eigenvalue weighted by Gasteiger charge is -2.36. The number of carbonyl (C=O) groups is 3. The van der Waals surface area contributed by atoms with Crippen LogP contribution in [0.4, 0.5) is 0 Å². The van der Waals surface area contributed by atoms with E-state index in [1.807, 2.05) is 44.2 Å². The van der Waals surface area contributed by atoms with Crippen molar-refractivity contribution < 1.29 is 32.3 Å². The van der Waals surface area contributed by atoms with Crippen LogP contribution in [0, 0.1) is 5.92 Å². The molecular formula is C38H49N5O7S. The summed E-state index contributed by atoms with van der Waals surface area (Å²) in [4.78, 5) is 45.2. The molecule has 0 radical (unpaired) electrons. The number of hydrogen-bond donors (Lipinski definition) is 1. The molecule has 0 unspecified atom stereocenters. The average Bonchev–Trinajstić information content (AvgIpc) is 3.33. The summed E-state index contributed by atoms with van der Waals surface area (Å²) in [5.74, 6) is -0.352. The fourth-order valence-electron chi connectivity index (χ4n) is 7.80. The van der Waals surface area contributed by atoms with Gasteiger partial charge in [0.25, 0.3) is 11.8 Å². The molecule has 1 aromatic heterocycles. The van der Waals surface area contributed by atoms with Crippen molar-refractivity contribution in [2.45, 2.75) is 64.5 Å². The number of amides is 3. The van der Waals surface area contributed by atoms with Crippen LogP contribution in [-0.2, 0) is 31.1 Å². The van der Waals surface area contributed by atoms with Crippen LogP contribution >= 0.6 is 0 Å². The molecule has 1 atom stereocenters. The molecule has 1 saturated carbocycles. The largest absolute Gasteiger partial charge is 0.497 e. The number of aromatic nitrogens is 1. The molecule has 274 valence electrons. The predicted molar refractivity (Wildman–Crippen MR) is 197 cm³/mol. The van der Waals surface area contributed by atoms with Crippen molar-refractivity contribution in [3.8, 4) is 17.0 Å². The van der Waals surface area contributed by atoms with E-state index in [4.69, 9.17) is 9.47 Å². The molecule has 2 aliphatic heterocycles. The molecule has 3 aliphatic rings. The predicted octanol–water partition coefficient (Wildman–Crippen LogP) is 4.64. The summed E-state index contributed by atoms with van der Waals surface area (Å²) >= 11 is 0. The minimum atomic E-state index is -4.02. The van der Waals surface area contributed by atoms with E-state index in [9.17, 15) is 22.8 Å². The van der Waals surface area contributed by atoms with Gasteiger partial charge in [-0.2, -0.15) is 12.7 Å². The van der Waals surface area contributed by atoms with E-state index in [0.717, 1.165) is 57.7 Å². The Morgan fingerprint density at radius 2 is 1.69 bits per heavy atom. The van der Waals surface area contributed by atoms with Gasteiger partial charge in [-0.15, -0.1) is 0 Å². The molecule has 2 aromatic carbocycles. The summed E-state index contributed by atoms with van der Waals surface area (Å²) in [6, 6.07) is 10.5. The van der Waals surface area contributed by atoms with Crippen LogP contribution in [0.15, 0.2) is 42.0 Å². The highest BCUT2D eigenvalue weighted by atomic mass is 32.2. The zero-order chi connectivity index (χ0) is 36.6. The summed E-state index contributed by atoms with van der Waals surface area (Å²) in [6.07, 6.45) is 7.32. The van der Waals surface area contributed by atoms with E-state index in [2.05, 4.69) is 9.29 Å². The van der Waals surface area contributed by atoms with E-state index in [0.29, 0.717) is 37.6 Å². The van der Waals surface area contributed by atoms with Gasteiger partial charge in [0.1, 0.15) is 11.8 Å². The van der Waals surface area contributed by atoms with Gasteiger partial charge in [-0.25, -0.2) is 4.72 Å². The van der Waals surface area contributed by atoms with Crippen molar-refractivity contribution in [3.05, 3.63) is 58.7 Å². The quantitative estimate of drug-likeness (QED) is 0.341. The lowest BCUT2D eigenvalue weighted by molar-refractivity contribution is -0.147. The fourth-order valence-corrected chi connectivity index (χ4v) is 8.34. The molecule has 1 saturated heterocycles. The molecule has 2 fully saturated rings. The Kier molecular flexibility index (Phi) is 10.6. The molecule has 12 nitrogen and oxygen atoms in total. The Hall–Kier alpha value is -4.20. The Morgan fingerprint density at radius 3 is 2.33 bits per heavy atom. The number of nitrogens with zero attached hydrogens (tertiary/aromatic N) is 4. The third kappa shape index (κ3) is 7.16. The fraction of sp³-hybridized carbons (Fsp3) is 0.500. The second kappa shape index (κ2) is 14.8. The minimum Gasteiger partial charge on any atom is -0.497 e. The summed E-state index contributed by atoms with van der Waals surface area (Å²) in [6.45, 7) is 5.97. The van der Waals surface area contributed by atoms with Crippen molar-refractivity contribution in [1.29, 1.82) is 0 Å². The Morgan fingerprint density at radius 1 is 0.980 bits per heavy atom. The number of morpholine rings is 1. The Labute approximate surface area is 300 Å². The molecule has 0 spiro atoms. The molecule has 3 aromatic rings. The van der Waals surface area contributed by atoms with Crippen LogP contribution in [-0.4, -0.2) is 105 Å². The first-order valence-corrected chi connectivity index (χ1v) is 19.2. The lowest BCUT2D eigenvalue weighted by Crippen LogP contribution is -2.54. The second-order valence-corrected chi connectivity index (χ2v) is 16.2. The highest BCUT2D eigenvalue weighted by Crippen LogP contribution is 2.47. The van der Waals surface area contributed by atoms with E-state index in [1.54, 1.807) is 36.1 Å². The van der Waals surface area contributed by atoms with Crippen molar-refractivity contribution in [1.82, 2.24) is 23.4 Å². The van der Waals surface area contributed by atoms with Gasteiger partial charge in [0.15, 0.2) is 0 Å². The monoisotopic (exact) mass is 719 g/mol. The zero-order valence-electron chi connectivity index (χ0n) is 30.4. The first-order valence-electron chi connectivity index (χ1n) is 17.8. The number of carbonyl (C=O) groups excluding carboxylic acids is 3. The van der Waals surface area contributed by atoms with Gasteiger partial charge in [-0.1, -0.05) is 39.2 Å². The highest BCUT2D eigenvalue weighted by Gasteiger charge is 2.37. The smallest absolute Gasteiger partial charge is 0.303 e. The normalized spacial score (nSPS) is 17.4. The highest BCUT2D eigenvalue weighted by molar-refractivity contribution is 7.87. The molecule has 51 heavy (non-hydrogen) atoms. The topological polar surface area (TPSA) is 130 Å². The SMILES string of the molecule is COc1ccc2c(c1)C=C(C(=O)N(C)[C@H](C(=O)N1CCOCC1)C(C)C)Cn1c-2c(C2CCCCC2)c2ccc(C(=O)NS(=O)(=O)N(C)C)cc21. The number of rotatable bonds is 9. The van der Waals surface area contributed by atoms with Gasteiger partial charge in [-0.05, 0) is 72.2 Å². The molecule has 1 N–H and O–H groups in total. The molecule has 13 heteroatoms. The maximum absolute atomic E-state index is 14.7. The van der Waals surface area contributed by atoms with Crippen LogP contribution in [0.1, 0.15) is 73.4 Å². The maximum atomic E-state index is 14.7. The number of likely N-dealkylation sites (N-methyl/N-ethyl adjacent to an activating group) is 1. The first kappa shape index (κ1) is 36.6. The Balaban J connectivity index is 1.51. The van der Waals surface area contributed by atoms with E-state index < -0.39 is 22.2 Å². The number of hydrogen-bond acceptors (Lipinski definition) is 7. The van der Waals surface area contributed by atoms with Crippen LogP contribution in [0.25, 0.3) is 28.2 Å². The van der Waals surface area contributed by atoms with Gasteiger partial charge in [-0.3, -0.25) is 14.4 Å². The number of benzene rings is 2. The first-order chi connectivity index (χ1) is 24.3. The minimum absolute atomic E-state index is 0.101. The molecule has 3 amide bonds. The van der Waals surface area contributed by atoms with Gasteiger partial charge < -0.3 is 23.8 Å². The molecule has 0 bridgehead atoms. The third-order valence-corrected chi connectivity index (χ3v) is 11.9. The van der Waals surface area contributed by atoms with Crippen molar-refractivity contribution >= 4 is 44.9 Å². The number of nitrogens with one attached hydrogen (secondary N) is 1. The standard InChI is InChI=1S/C38H49N5O7S/c1-24(2)34(38(46)42-16-18-50-19-17-42)41(5)37(45)28-20-27-21-29(49-6)13-15-30(27)35-33(25-10-8-7-9-11-25)31-14-12-26(22-32(31)43(35)23-28)36(44)39-51(47,48)40(3)4/h12-15,20-22,24-25,34H,7-11,16-19,23H2,1-6H3,(H,39,44)/t34-/m0/s1. The van der Waals surface area contributed by atoms with Crippen molar-refractivity contribution in [3.63, 3.8) is 0 Å². The lowest BCUT2D eigenvalue weighted by atomic mass is 9.81. The van der Waals surface area contributed by atoms with E-state index >= 15 is 0 Å². The van der Waals surface area contributed by atoms with Crippen molar-refractivity contribution in [2.75, 3.05) is 54.6 Å². The molecule has 6 rings (SSSR count). The van der Waals surface area contributed by atoms with Crippen LogP contribution in [0.3, 0.4) is 0 Å². The summed E-state index contributed by atoms with van der Waals surface area (Å²) in [5, 5.41) is 0.968. The average molecular weight is 720 g/mol. The molecular weight excluding hydrogens is 671 g/mol. The maximum Gasteiger partial charge on any atom is 0.303 e. The van der Waals surface area contributed by atoms with E-state index in [-0.39, 0.29) is 35.8 Å². The van der Waals surface area contributed by atoms with Gasteiger partial charge in [0.05, 0.1) is 32.6 Å². The molecule has 1 aliphatic carbocycles. The zero-order valence-corrected chi connectivity index (χ0v) is 31.2. The van der Waals surface area contributed by atoms with Crippen LogP contribution in [0.2, 0.25) is 0 Å². The number of fused-ring (bicyclic) bond motifs is 5. The summed E-state index contributed by atoms with van der Waals surface area (Å²) in [5.41, 5.74) is 5.29. The second-order valence-electron chi connectivity index (χ2n) is 14.3. The summed E-state index contributed by atoms with van der Waals surface area (Å²) in [7, 11) is 1.99. The van der Waals surface area contributed by atoms with Gasteiger partial charge in [0, 0.05) is 61.8 Å². The number of ether oxygens (including phenoxy) is 2. The van der Waals surface area contributed by atoms with Crippen LogP contribution < -0.4 is 9.46 Å². The van der Waals surface area contributed by atoms with Gasteiger partial charge in [0.2, 0.25) is 5.91 Å².